The van der Waals surface area contributed by atoms with E-state index in [1.54, 1.807) is 36.4 Å². The highest BCUT2D eigenvalue weighted by molar-refractivity contribution is 6.07. The lowest BCUT2D eigenvalue weighted by Crippen LogP contribution is -2.40. The van der Waals surface area contributed by atoms with Crippen molar-refractivity contribution in [2.75, 3.05) is 36.4 Å². The molecule has 1 saturated heterocycles. The molecular formula is C37H44N6O3. The number of hydrogen-bond acceptors (Lipinski definition) is 6. The van der Waals surface area contributed by atoms with Crippen LogP contribution in [0.15, 0.2) is 66.7 Å². The van der Waals surface area contributed by atoms with Crippen molar-refractivity contribution in [3.63, 3.8) is 0 Å². The van der Waals surface area contributed by atoms with E-state index in [-0.39, 0.29) is 35.2 Å². The van der Waals surface area contributed by atoms with Crippen LogP contribution in [-0.2, 0) is 5.41 Å². The largest absolute Gasteiger partial charge is 0.368 e. The van der Waals surface area contributed by atoms with E-state index in [1.807, 2.05) is 35.2 Å². The van der Waals surface area contributed by atoms with E-state index in [0.29, 0.717) is 54.1 Å². The normalized spacial score (nSPS) is 18.7. The van der Waals surface area contributed by atoms with Gasteiger partial charge in [0.25, 0.3) is 17.7 Å². The van der Waals surface area contributed by atoms with Gasteiger partial charge in [-0.25, -0.2) is 0 Å². The van der Waals surface area contributed by atoms with E-state index in [2.05, 4.69) is 42.4 Å². The lowest BCUT2D eigenvalue weighted by molar-refractivity contribution is 0.0766. The fraction of sp³-hybridized carbons (Fsp3) is 0.405. The highest BCUT2D eigenvalue weighted by Gasteiger charge is 2.25. The van der Waals surface area contributed by atoms with Gasteiger partial charge in [-0.1, -0.05) is 32.9 Å². The van der Waals surface area contributed by atoms with Crippen molar-refractivity contribution in [2.45, 2.75) is 70.4 Å². The molecule has 0 aromatic heterocycles. The Morgan fingerprint density at radius 2 is 1.46 bits per heavy atom. The number of carbonyl (C=O) groups is 3. The first-order valence-electron chi connectivity index (χ1n) is 16.2. The minimum atomic E-state index is -0.257. The van der Waals surface area contributed by atoms with Gasteiger partial charge < -0.3 is 26.2 Å². The van der Waals surface area contributed by atoms with Gasteiger partial charge in [-0.3, -0.25) is 14.4 Å². The van der Waals surface area contributed by atoms with Gasteiger partial charge in [0.05, 0.1) is 23.0 Å². The maximum atomic E-state index is 13.5. The van der Waals surface area contributed by atoms with E-state index in [0.717, 1.165) is 43.4 Å². The third-order valence-electron chi connectivity index (χ3n) is 9.01. The van der Waals surface area contributed by atoms with Gasteiger partial charge in [-0.15, -0.1) is 0 Å². The van der Waals surface area contributed by atoms with Gasteiger partial charge in [-0.2, -0.15) is 5.26 Å². The number of nitrogens with zero attached hydrogens (tertiary/aromatic N) is 3. The highest BCUT2D eigenvalue weighted by Crippen LogP contribution is 2.30. The second-order valence-corrected chi connectivity index (χ2v) is 13.4. The van der Waals surface area contributed by atoms with Gasteiger partial charge in [0.15, 0.2) is 0 Å². The molecule has 0 spiro atoms. The van der Waals surface area contributed by atoms with Crippen molar-refractivity contribution in [1.29, 1.82) is 5.26 Å². The number of rotatable bonds is 6. The van der Waals surface area contributed by atoms with Gasteiger partial charge in [-0.05, 0) is 97.7 Å². The number of benzene rings is 3. The number of nitrogens with one attached hydrogen (secondary N) is 2. The Hall–Kier alpha value is -4.68. The van der Waals surface area contributed by atoms with Crippen LogP contribution in [-0.4, -0.2) is 60.9 Å². The maximum absolute atomic E-state index is 13.5. The topological polar surface area (TPSA) is 132 Å². The van der Waals surface area contributed by atoms with Gasteiger partial charge in [0, 0.05) is 55.0 Å². The molecule has 0 radical (unpaired) electrons. The molecule has 2 aliphatic rings. The number of nitriles is 1. The summed E-state index contributed by atoms with van der Waals surface area (Å²) in [6.45, 7) is 8.70. The molecule has 1 saturated carbocycles. The Balaban J connectivity index is 1.36. The predicted molar refractivity (Wildman–Crippen MR) is 181 cm³/mol. The van der Waals surface area contributed by atoms with Crippen LogP contribution in [0.2, 0.25) is 0 Å². The molecule has 1 aliphatic heterocycles. The first-order chi connectivity index (χ1) is 22.0. The molecule has 0 bridgehead atoms. The second-order valence-electron chi connectivity index (χ2n) is 13.4. The molecule has 0 atom stereocenters. The summed E-state index contributed by atoms with van der Waals surface area (Å²) < 4.78 is 0. The lowest BCUT2D eigenvalue weighted by atomic mass is 9.86. The quantitative estimate of drug-likeness (QED) is 0.335. The van der Waals surface area contributed by atoms with Crippen molar-refractivity contribution >= 4 is 29.1 Å². The Kier molecular flexibility index (Phi) is 10.1. The molecular weight excluding hydrogens is 576 g/mol. The van der Waals surface area contributed by atoms with Crippen LogP contribution in [0, 0.1) is 11.3 Å². The summed E-state index contributed by atoms with van der Waals surface area (Å²) in [5.41, 5.74) is 10.6. The summed E-state index contributed by atoms with van der Waals surface area (Å²) in [6.07, 6.45) is 4.21. The molecule has 0 unspecified atom stereocenters. The van der Waals surface area contributed by atoms with E-state index >= 15 is 0 Å². The first kappa shape index (κ1) is 32.7. The number of nitrogens with two attached hydrogens (primary N) is 1. The van der Waals surface area contributed by atoms with Crippen molar-refractivity contribution in [2.24, 2.45) is 5.73 Å². The zero-order valence-corrected chi connectivity index (χ0v) is 27.0. The van der Waals surface area contributed by atoms with Crippen molar-refractivity contribution in [3.8, 4) is 6.07 Å². The summed E-state index contributed by atoms with van der Waals surface area (Å²) in [5.74, 6) is -0.505. The molecule has 3 aromatic rings. The maximum Gasteiger partial charge on any atom is 0.255 e. The third-order valence-corrected chi connectivity index (χ3v) is 9.01. The standard InChI is InChI=1S/C37H44N6O3/c1-37(2,3)29-12-9-26(10-13-29)34(44)41-32-23-28(35(45)40-31-16-14-30(39)15-17-31)11-18-33(32)42-19-4-20-43(22-21-42)36(46)27-7-5-25(24-38)6-8-27/h5-13,18,23,30-31H,4,14-17,19-22,39H2,1-3H3,(H,40,45)(H,41,44). The summed E-state index contributed by atoms with van der Waals surface area (Å²) in [6, 6.07) is 22.1. The molecule has 3 aromatic carbocycles. The van der Waals surface area contributed by atoms with E-state index in [1.165, 1.54) is 0 Å². The van der Waals surface area contributed by atoms with Crippen molar-refractivity contribution < 1.29 is 14.4 Å². The van der Waals surface area contributed by atoms with E-state index in [9.17, 15) is 14.4 Å². The van der Waals surface area contributed by atoms with Crippen molar-refractivity contribution in [3.05, 3.63) is 94.5 Å². The highest BCUT2D eigenvalue weighted by atomic mass is 16.2. The molecule has 3 amide bonds. The Bertz CT molecular complexity index is 1600. The molecule has 9 heteroatoms. The summed E-state index contributed by atoms with van der Waals surface area (Å²) in [4.78, 5) is 44.1. The second kappa shape index (κ2) is 14.2. The molecule has 5 rings (SSSR count). The summed E-state index contributed by atoms with van der Waals surface area (Å²) >= 11 is 0. The van der Waals surface area contributed by atoms with Crippen LogP contribution in [0.3, 0.4) is 0 Å². The summed E-state index contributed by atoms with van der Waals surface area (Å²) in [5, 5.41) is 15.3. The molecule has 2 fully saturated rings. The van der Waals surface area contributed by atoms with Gasteiger partial charge in [0.1, 0.15) is 0 Å². The summed E-state index contributed by atoms with van der Waals surface area (Å²) in [7, 11) is 0. The average Bonchev–Trinajstić information content (AvgIpc) is 3.31. The van der Waals surface area contributed by atoms with E-state index < -0.39 is 0 Å². The predicted octanol–water partition coefficient (Wildman–Crippen LogP) is 5.46. The Labute approximate surface area is 271 Å². The Morgan fingerprint density at radius 3 is 2.11 bits per heavy atom. The molecule has 1 aliphatic carbocycles. The molecule has 240 valence electrons. The zero-order chi connectivity index (χ0) is 32.8. The van der Waals surface area contributed by atoms with Crippen molar-refractivity contribution in [1.82, 2.24) is 10.2 Å². The minimum absolute atomic E-state index is 0.0324. The minimum Gasteiger partial charge on any atom is -0.368 e. The van der Waals surface area contributed by atoms with Crippen LogP contribution in [0.1, 0.15) is 95.1 Å². The van der Waals surface area contributed by atoms with E-state index in [4.69, 9.17) is 11.0 Å². The Morgan fingerprint density at radius 1 is 0.804 bits per heavy atom. The average molecular weight is 621 g/mol. The molecule has 9 nitrogen and oxygen atoms in total. The van der Waals surface area contributed by atoms with Gasteiger partial charge >= 0.3 is 0 Å². The molecule has 1 heterocycles. The molecule has 4 N–H and O–H groups in total. The third kappa shape index (κ3) is 7.93. The fourth-order valence-electron chi connectivity index (χ4n) is 6.13. The van der Waals surface area contributed by atoms with Crippen LogP contribution in [0.5, 0.6) is 0 Å². The first-order valence-corrected chi connectivity index (χ1v) is 16.2. The van der Waals surface area contributed by atoms with Gasteiger partial charge in [0.2, 0.25) is 0 Å². The number of carbonyl (C=O) groups excluding carboxylic acids is 3. The zero-order valence-electron chi connectivity index (χ0n) is 27.0. The van der Waals surface area contributed by atoms with Crippen LogP contribution >= 0.6 is 0 Å². The van der Waals surface area contributed by atoms with Crippen LogP contribution in [0.25, 0.3) is 0 Å². The fourth-order valence-corrected chi connectivity index (χ4v) is 6.13. The number of anilines is 2. The molecule has 46 heavy (non-hydrogen) atoms. The lowest BCUT2D eigenvalue weighted by Gasteiger charge is -2.28. The monoisotopic (exact) mass is 620 g/mol. The number of amides is 3. The SMILES string of the molecule is CC(C)(C)c1ccc(C(=O)Nc2cc(C(=O)NC3CCC(N)CC3)ccc2N2CCCN(C(=O)c3ccc(C#N)cc3)CC2)cc1. The smallest absolute Gasteiger partial charge is 0.255 e. The number of hydrogen-bond donors (Lipinski definition) is 3. The van der Waals surface area contributed by atoms with Crippen LogP contribution < -0.4 is 21.3 Å². The van der Waals surface area contributed by atoms with Crippen LogP contribution in [0.4, 0.5) is 11.4 Å².